The smallest absolute Gasteiger partial charge is 0.263 e. The molecule has 1 heterocycles. The normalized spacial score (nSPS) is 17.9. The van der Waals surface area contributed by atoms with E-state index in [4.69, 9.17) is 16.3 Å². The van der Waals surface area contributed by atoms with Crippen molar-refractivity contribution in [1.29, 1.82) is 0 Å². The van der Waals surface area contributed by atoms with Crippen LogP contribution in [0.2, 0.25) is 5.02 Å². The number of carbonyl (C=O) groups excluding carboxylic acids is 1. The number of halogens is 1. The van der Waals surface area contributed by atoms with Crippen LogP contribution in [-0.4, -0.2) is 54.5 Å². The minimum atomic E-state index is -0.511. The number of amides is 1. The van der Waals surface area contributed by atoms with Crippen LogP contribution in [0.5, 0.6) is 5.75 Å². The summed E-state index contributed by atoms with van der Waals surface area (Å²) in [6.45, 7) is 8.35. The highest BCUT2D eigenvalue weighted by atomic mass is 35.5. The van der Waals surface area contributed by atoms with Gasteiger partial charge in [-0.15, -0.1) is 0 Å². The van der Waals surface area contributed by atoms with Crippen LogP contribution >= 0.6 is 11.6 Å². The lowest BCUT2D eigenvalue weighted by Crippen LogP contribution is -2.51. The van der Waals surface area contributed by atoms with Gasteiger partial charge in [0.05, 0.1) is 5.02 Å². The van der Waals surface area contributed by atoms with Gasteiger partial charge >= 0.3 is 0 Å². The number of rotatable bonds is 4. The summed E-state index contributed by atoms with van der Waals surface area (Å²) in [6.07, 6.45) is -0.511. The Morgan fingerprint density at radius 1 is 1.30 bits per heavy atom. The molecule has 1 aliphatic rings. The molecule has 1 aromatic rings. The number of para-hydroxylation sites is 1. The van der Waals surface area contributed by atoms with Crippen molar-refractivity contribution in [2.75, 3.05) is 32.7 Å². The molecule has 1 aliphatic heterocycles. The largest absolute Gasteiger partial charge is 0.479 e. The third-order valence-electron chi connectivity index (χ3n) is 3.62. The topological polar surface area (TPSA) is 32.8 Å². The molecule has 0 unspecified atom stereocenters. The Kier molecular flexibility index (Phi) is 5.26. The molecule has 0 spiro atoms. The Hall–Kier alpha value is -1.26. The number of piperazine rings is 1. The van der Waals surface area contributed by atoms with Crippen molar-refractivity contribution in [3.63, 3.8) is 0 Å². The van der Waals surface area contributed by atoms with Crippen molar-refractivity contribution < 1.29 is 9.53 Å². The van der Waals surface area contributed by atoms with E-state index in [9.17, 15) is 4.79 Å². The maximum atomic E-state index is 12.3. The molecule has 1 atom stereocenters. The van der Waals surface area contributed by atoms with Gasteiger partial charge in [0, 0.05) is 26.2 Å². The number of nitrogens with zero attached hydrogens (tertiary/aromatic N) is 2. The molecule has 110 valence electrons. The van der Waals surface area contributed by atoms with Crippen molar-refractivity contribution in [1.82, 2.24) is 9.80 Å². The number of ether oxygens (including phenoxy) is 1. The summed E-state index contributed by atoms with van der Waals surface area (Å²) in [5.74, 6) is 0.586. The monoisotopic (exact) mass is 296 g/mol. The van der Waals surface area contributed by atoms with E-state index in [0.717, 1.165) is 32.7 Å². The van der Waals surface area contributed by atoms with E-state index in [-0.39, 0.29) is 5.91 Å². The maximum absolute atomic E-state index is 12.3. The first-order valence-electron chi connectivity index (χ1n) is 7.04. The molecule has 4 nitrogen and oxygen atoms in total. The molecule has 1 aromatic carbocycles. The first-order valence-corrected chi connectivity index (χ1v) is 7.42. The summed E-state index contributed by atoms with van der Waals surface area (Å²) in [7, 11) is 0. The van der Waals surface area contributed by atoms with Crippen molar-refractivity contribution in [3.8, 4) is 5.75 Å². The number of carbonyl (C=O) groups is 1. The molecule has 5 heteroatoms. The van der Waals surface area contributed by atoms with Crippen LogP contribution in [0.15, 0.2) is 24.3 Å². The summed E-state index contributed by atoms with van der Waals surface area (Å²) < 4.78 is 5.68. The first-order chi connectivity index (χ1) is 9.61. The third-order valence-corrected chi connectivity index (χ3v) is 3.93. The van der Waals surface area contributed by atoms with Gasteiger partial charge in [0.2, 0.25) is 0 Å². The van der Waals surface area contributed by atoms with Crippen LogP contribution in [0.4, 0.5) is 0 Å². The Labute approximate surface area is 125 Å². The molecular formula is C15H21ClN2O2. The molecule has 1 amide bonds. The van der Waals surface area contributed by atoms with Gasteiger partial charge in [-0.3, -0.25) is 4.79 Å². The highest BCUT2D eigenvalue weighted by Gasteiger charge is 2.25. The first kappa shape index (κ1) is 15.1. The van der Waals surface area contributed by atoms with Crippen LogP contribution in [0.1, 0.15) is 13.8 Å². The molecule has 0 radical (unpaired) electrons. The second-order valence-corrected chi connectivity index (χ2v) is 5.36. The van der Waals surface area contributed by atoms with E-state index in [1.54, 1.807) is 19.1 Å². The lowest BCUT2D eigenvalue weighted by atomic mass is 10.2. The lowest BCUT2D eigenvalue weighted by Gasteiger charge is -2.35. The minimum absolute atomic E-state index is 0.0284. The SMILES string of the molecule is CCN1CCN(C(=O)[C@H](C)Oc2ccccc2Cl)CC1. The minimum Gasteiger partial charge on any atom is -0.479 e. The van der Waals surface area contributed by atoms with Gasteiger partial charge in [-0.25, -0.2) is 0 Å². The fourth-order valence-electron chi connectivity index (χ4n) is 2.32. The number of hydrogen-bond acceptors (Lipinski definition) is 3. The summed E-state index contributed by atoms with van der Waals surface area (Å²) in [5, 5.41) is 0.531. The van der Waals surface area contributed by atoms with E-state index in [0.29, 0.717) is 10.8 Å². The van der Waals surface area contributed by atoms with E-state index < -0.39 is 6.10 Å². The number of benzene rings is 1. The molecule has 1 saturated heterocycles. The number of hydrogen-bond donors (Lipinski definition) is 0. The fraction of sp³-hybridized carbons (Fsp3) is 0.533. The van der Waals surface area contributed by atoms with Crippen LogP contribution in [-0.2, 0) is 4.79 Å². The molecule has 20 heavy (non-hydrogen) atoms. The maximum Gasteiger partial charge on any atom is 0.263 e. The van der Waals surface area contributed by atoms with Crippen LogP contribution < -0.4 is 4.74 Å². The van der Waals surface area contributed by atoms with Gasteiger partial charge in [0.25, 0.3) is 5.91 Å². The van der Waals surface area contributed by atoms with Gasteiger partial charge < -0.3 is 14.5 Å². The molecule has 0 bridgehead atoms. The molecular weight excluding hydrogens is 276 g/mol. The van der Waals surface area contributed by atoms with Crippen LogP contribution in [0.25, 0.3) is 0 Å². The zero-order valence-electron chi connectivity index (χ0n) is 12.0. The third kappa shape index (κ3) is 3.64. The average molecular weight is 297 g/mol. The zero-order chi connectivity index (χ0) is 14.5. The standard InChI is InChI=1S/C15H21ClN2O2/c1-3-17-8-10-18(11-9-17)15(19)12(2)20-14-7-5-4-6-13(14)16/h4-7,12H,3,8-11H2,1-2H3/t12-/m0/s1. The van der Waals surface area contributed by atoms with Crippen molar-refractivity contribution in [2.24, 2.45) is 0 Å². The molecule has 1 fully saturated rings. The van der Waals surface area contributed by atoms with E-state index in [2.05, 4.69) is 11.8 Å². The molecule has 0 aromatic heterocycles. The van der Waals surface area contributed by atoms with E-state index in [1.807, 2.05) is 17.0 Å². The highest BCUT2D eigenvalue weighted by Crippen LogP contribution is 2.24. The Morgan fingerprint density at radius 3 is 2.55 bits per heavy atom. The quantitative estimate of drug-likeness (QED) is 0.854. The van der Waals surface area contributed by atoms with E-state index in [1.165, 1.54) is 0 Å². The Balaban J connectivity index is 1.91. The van der Waals surface area contributed by atoms with Gasteiger partial charge in [0.1, 0.15) is 5.75 Å². The van der Waals surface area contributed by atoms with Crippen LogP contribution in [0.3, 0.4) is 0 Å². The summed E-state index contributed by atoms with van der Waals surface area (Å²) in [5.41, 5.74) is 0. The van der Waals surface area contributed by atoms with Crippen molar-refractivity contribution >= 4 is 17.5 Å². The van der Waals surface area contributed by atoms with Gasteiger partial charge in [-0.2, -0.15) is 0 Å². The highest BCUT2D eigenvalue weighted by molar-refractivity contribution is 6.32. The molecule has 2 rings (SSSR count). The predicted octanol–water partition coefficient (Wildman–Crippen LogP) is 2.27. The van der Waals surface area contributed by atoms with Crippen molar-refractivity contribution in [2.45, 2.75) is 20.0 Å². The van der Waals surface area contributed by atoms with Gasteiger partial charge in [-0.1, -0.05) is 30.7 Å². The van der Waals surface area contributed by atoms with Crippen molar-refractivity contribution in [3.05, 3.63) is 29.3 Å². The lowest BCUT2D eigenvalue weighted by molar-refractivity contribution is -0.139. The number of likely N-dealkylation sites (N-methyl/N-ethyl adjacent to an activating group) is 1. The fourth-order valence-corrected chi connectivity index (χ4v) is 2.50. The predicted molar refractivity (Wildman–Crippen MR) is 80.2 cm³/mol. The van der Waals surface area contributed by atoms with E-state index >= 15 is 0 Å². The molecule has 0 saturated carbocycles. The summed E-state index contributed by atoms with van der Waals surface area (Å²) >= 11 is 6.04. The van der Waals surface area contributed by atoms with Gasteiger partial charge in [-0.05, 0) is 25.6 Å². The Bertz CT molecular complexity index is 459. The second-order valence-electron chi connectivity index (χ2n) is 4.95. The average Bonchev–Trinajstić information content (AvgIpc) is 2.49. The summed E-state index contributed by atoms with van der Waals surface area (Å²) in [6, 6.07) is 7.22. The van der Waals surface area contributed by atoms with Gasteiger partial charge in [0.15, 0.2) is 6.10 Å². The molecule has 0 N–H and O–H groups in total. The summed E-state index contributed by atoms with van der Waals surface area (Å²) in [4.78, 5) is 16.6. The Morgan fingerprint density at radius 2 is 1.95 bits per heavy atom. The zero-order valence-corrected chi connectivity index (χ0v) is 12.8. The molecule has 0 aliphatic carbocycles. The van der Waals surface area contributed by atoms with Crippen LogP contribution in [0, 0.1) is 0 Å². The second kappa shape index (κ2) is 6.95.